The number of carbonyl (C=O) groups is 1. The first-order valence-electron chi connectivity index (χ1n) is 7.24. The molecule has 0 N–H and O–H groups in total. The SMILES string of the molecule is Cc1nnc(C2CCCCCN2C(=O)c2cncn2C)o1. The summed E-state index contributed by atoms with van der Waals surface area (Å²) in [5.41, 5.74) is 0.582. The minimum absolute atomic E-state index is 0.0299. The second-order valence-electron chi connectivity index (χ2n) is 5.41. The van der Waals surface area contributed by atoms with E-state index in [0.29, 0.717) is 24.0 Å². The van der Waals surface area contributed by atoms with Crippen molar-refractivity contribution in [2.45, 2.75) is 38.6 Å². The summed E-state index contributed by atoms with van der Waals surface area (Å²) in [5.74, 6) is 1.03. The molecule has 1 aliphatic heterocycles. The molecule has 3 heterocycles. The molecule has 0 bridgehead atoms. The number of imidazole rings is 1. The van der Waals surface area contributed by atoms with E-state index < -0.39 is 0 Å². The topological polar surface area (TPSA) is 77.1 Å². The Kier molecular flexibility index (Phi) is 3.72. The molecule has 3 rings (SSSR count). The zero-order chi connectivity index (χ0) is 14.8. The fourth-order valence-electron chi connectivity index (χ4n) is 2.77. The maximum absolute atomic E-state index is 12.8. The van der Waals surface area contributed by atoms with Crippen molar-refractivity contribution in [1.82, 2.24) is 24.6 Å². The summed E-state index contributed by atoms with van der Waals surface area (Å²) in [5, 5.41) is 8.01. The lowest BCUT2D eigenvalue weighted by Gasteiger charge is -2.27. The molecule has 1 fully saturated rings. The lowest BCUT2D eigenvalue weighted by molar-refractivity contribution is 0.0641. The lowest BCUT2D eigenvalue weighted by Crippen LogP contribution is -2.36. The van der Waals surface area contributed by atoms with Gasteiger partial charge in [0.15, 0.2) is 0 Å². The van der Waals surface area contributed by atoms with Crippen LogP contribution in [0, 0.1) is 6.92 Å². The summed E-state index contributed by atoms with van der Waals surface area (Å²) in [6.45, 7) is 2.47. The Labute approximate surface area is 123 Å². The molecule has 1 unspecified atom stereocenters. The highest BCUT2D eigenvalue weighted by Gasteiger charge is 2.32. The van der Waals surface area contributed by atoms with Gasteiger partial charge in [0.2, 0.25) is 11.8 Å². The van der Waals surface area contributed by atoms with Crippen LogP contribution in [0.1, 0.15) is 54.0 Å². The Morgan fingerprint density at radius 1 is 1.33 bits per heavy atom. The number of aromatic nitrogens is 4. The van der Waals surface area contributed by atoms with Crippen molar-refractivity contribution in [3.63, 3.8) is 0 Å². The van der Waals surface area contributed by atoms with E-state index in [9.17, 15) is 4.79 Å². The van der Waals surface area contributed by atoms with E-state index in [2.05, 4.69) is 15.2 Å². The normalized spacial score (nSPS) is 19.5. The summed E-state index contributed by atoms with van der Waals surface area (Å²) in [6, 6.07) is -0.143. The zero-order valence-electron chi connectivity index (χ0n) is 12.3. The van der Waals surface area contributed by atoms with Crippen molar-refractivity contribution in [2.24, 2.45) is 7.05 Å². The standard InChI is InChI=1S/C14H19N5O2/c1-10-16-17-13(21-10)11-6-4-3-5-7-19(11)14(20)12-8-15-9-18(12)2/h8-9,11H,3-7H2,1-2H3. The van der Waals surface area contributed by atoms with Crippen molar-refractivity contribution in [3.05, 3.63) is 30.0 Å². The van der Waals surface area contributed by atoms with Crippen LogP contribution < -0.4 is 0 Å². The molecule has 2 aromatic heterocycles. The molecule has 0 saturated carbocycles. The van der Waals surface area contributed by atoms with Crippen molar-refractivity contribution < 1.29 is 9.21 Å². The van der Waals surface area contributed by atoms with Gasteiger partial charge in [-0.2, -0.15) is 0 Å². The van der Waals surface area contributed by atoms with Gasteiger partial charge in [0.25, 0.3) is 5.91 Å². The summed E-state index contributed by atoms with van der Waals surface area (Å²) in [4.78, 5) is 18.7. The van der Waals surface area contributed by atoms with Crippen molar-refractivity contribution in [3.8, 4) is 0 Å². The van der Waals surface area contributed by atoms with E-state index in [1.54, 1.807) is 24.0 Å². The van der Waals surface area contributed by atoms with E-state index in [1.807, 2.05) is 11.9 Å². The minimum atomic E-state index is -0.143. The predicted octanol–water partition coefficient (Wildman–Crippen LogP) is 1.87. The number of hydrogen-bond donors (Lipinski definition) is 0. The van der Waals surface area contributed by atoms with Crippen LogP contribution in [-0.2, 0) is 7.05 Å². The minimum Gasteiger partial charge on any atom is -0.423 e. The van der Waals surface area contributed by atoms with Crippen LogP contribution in [0.2, 0.25) is 0 Å². The maximum Gasteiger partial charge on any atom is 0.272 e. The van der Waals surface area contributed by atoms with Gasteiger partial charge in [0, 0.05) is 20.5 Å². The Bertz CT molecular complexity index is 633. The van der Waals surface area contributed by atoms with Gasteiger partial charge in [-0.1, -0.05) is 12.8 Å². The molecular formula is C14H19N5O2. The van der Waals surface area contributed by atoms with Gasteiger partial charge in [-0.3, -0.25) is 4.79 Å². The van der Waals surface area contributed by atoms with Gasteiger partial charge < -0.3 is 13.9 Å². The molecule has 21 heavy (non-hydrogen) atoms. The maximum atomic E-state index is 12.8. The van der Waals surface area contributed by atoms with E-state index in [-0.39, 0.29) is 11.9 Å². The zero-order valence-corrected chi connectivity index (χ0v) is 12.3. The first-order chi connectivity index (χ1) is 10.2. The highest BCUT2D eigenvalue weighted by Crippen LogP contribution is 2.30. The molecule has 0 spiro atoms. The fourth-order valence-corrected chi connectivity index (χ4v) is 2.77. The smallest absolute Gasteiger partial charge is 0.272 e. The van der Waals surface area contributed by atoms with Crippen LogP contribution in [0.4, 0.5) is 0 Å². The van der Waals surface area contributed by atoms with Gasteiger partial charge in [0.1, 0.15) is 11.7 Å². The third-order valence-corrected chi connectivity index (χ3v) is 3.88. The summed E-state index contributed by atoms with van der Waals surface area (Å²) in [7, 11) is 1.82. The number of hydrogen-bond acceptors (Lipinski definition) is 5. The first-order valence-corrected chi connectivity index (χ1v) is 7.24. The average molecular weight is 289 g/mol. The first kappa shape index (κ1) is 13.8. The van der Waals surface area contributed by atoms with Crippen LogP contribution in [0.25, 0.3) is 0 Å². The number of aryl methyl sites for hydroxylation is 2. The van der Waals surface area contributed by atoms with Crippen LogP contribution in [0.15, 0.2) is 16.9 Å². The molecular weight excluding hydrogens is 270 g/mol. The predicted molar refractivity (Wildman–Crippen MR) is 74.5 cm³/mol. The third kappa shape index (κ3) is 2.68. The number of nitrogens with zero attached hydrogens (tertiary/aromatic N) is 5. The van der Waals surface area contributed by atoms with Crippen molar-refractivity contribution in [2.75, 3.05) is 6.54 Å². The molecule has 0 aliphatic carbocycles. The Morgan fingerprint density at radius 3 is 2.86 bits per heavy atom. The van der Waals surface area contributed by atoms with Crippen LogP contribution in [-0.4, -0.2) is 37.1 Å². The van der Waals surface area contributed by atoms with E-state index in [4.69, 9.17) is 4.42 Å². The summed E-state index contributed by atoms with van der Waals surface area (Å²) >= 11 is 0. The van der Waals surface area contributed by atoms with Gasteiger partial charge in [-0.25, -0.2) is 4.98 Å². The highest BCUT2D eigenvalue weighted by molar-refractivity contribution is 5.92. The number of carbonyl (C=O) groups excluding carboxylic acids is 1. The Morgan fingerprint density at radius 2 is 2.19 bits per heavy atom. The van der Waals surface area contributed by atoms with Gasteiger partial charge >= 0.3 is 0 Å². The molecule has 1 amide bonds. The van der Waals surface area contributed by atoms with E-state index in [0.717, 1.165) is 25.7 Å². The van der Waals surface area contributed by atoms with E-state index >= 15 is 0 Å². The second-order valence-corrected chi connectivity index (χ2v) is 5.41. The molecule has 1 aliphatic rings. The second kappa shape index (κ2) is 5.67. The molecule has 1 saturated heterocycles. The average Bonchev–Trinajstić information content (AvgIpc) is 3.00. The lowest BCUT2D eigenvalue weighted by atomic mass is 10.1. The highest BCUT2D eigenvalue weighted by atomic mass is 16.4. The Hall–Kier alpha value is -2.18. The molecule has 7 heteroatoms. The molecule has 1 atom stereocenters. The third-order valence-electron chi connectivity index (χ3n) is 3.88. The fraction of sp³-hybridized carbons (Fsp3) is 0.571. The summed E-state index contributed by atoms with van der Waals surface area (Å²) in [6.07, 6.45) is 7.25. The van der Waals surface area contributed by atoms with Crippen LogP contribution in [0.5, 0.6) is 0 Å². The molecule has 0 radical (unpaired) electrons. The van der Waals surface area contributed by atoms with Crippen LogP contribution in [0.3, 0.4) is 0 Å². The summed E-state index contributed by atoms with van der Waals surface area (Å²) < 4.78 is 7.31. The number of likely N-dealkylation sites (tertiary alicyclic amines) is 1. The van der Waals surface area contributed by atoms with Gasteiger partial charge in [-0.15, -0.1) is 10.2 Å². The molecule has 7 nitrogen and oxygen atoms in total. The van der Waals surface area contributed by atoms with Crippen molar-refractivity contribution >= 4 is 5.91 Å². The van der Waals surface area contributed by atoms with Gasteiger partial charge in [-0.05, 0) is 12.8 Å². The molecule has 112 valence electrons. The number of rotatable bonds is 2. The van der Waals surface area contributed by atoms with Crippen LogP contribution >= 0.6 is 0 Å². The quantitative estimate of drug-likeness (QED) is 0.843. The van der Waals surface area contributed by atoms with Gasteiger partial charge in [0.05, 0.1) is 12.5 Å². The van der Waals surface area contributed by atoms with E-state index in [1.165, 1.54) is 0 Å². The monoisotopic (exact) mass is 289 g/mol. The molecule has 0 aromatic carbocycles. The van der Waals surface area contributed by atoms with Crippen molar-refractivity contribution in [1.29, 1.82) is 0 Å². The Balaban J connectivity index is 1.92. The molecule has 2 aromatic rings. The number of amides is 1. The largest absolute Gasteiger partial charge is 0.423 e.